The van der Waals surface area contributed by atoms with Gasteiger partial charge in [-0.2, -0.15) is 0 Å². The minimum atomic E-state index is -0.978. The van der Waals surface area contributed by atoms with Crippen molar-refractivity contribution in [2.45, 2.75) is 6.92 Å². The lowest BCUT2D eigenvalue weighted by molar-refractivity contribution is -0.119. The smallest absolute Gasteiger partial charge is 0.272 e. The molecule has 0 atom stereocenters. The number of nitrogens with zero attached hydrogens (tertiary/aromatic N) is 1. The normalized spacial score (nSPS) is 14.4. The van der Waals surface area contributed by atoms with Crippen LogP contribution in [0.4, 0.5) is 14.5 Å². The van der Waals surface area contributed by atoms with Crippen molar-refractivity contribution in [1.82, 2.24) is 0 Å². The van der Waals surface area contributed by atoms with E-state index in [9.17, 15) is 18.4 Å². The maximum atomic E-state index is 14.2. The Morgan fingerprint density at radius 3 is 2.46 bits per heavy atom. The number of thioether (sulfide) groups is 1. The summed E-state index contributed by atoms with van der Waals surface area (Å²) in [7, 11) is 1.46. The van der Waals surface area contributed by atoms with Crippen LogP contribution in [-0.4, -0.2) is 24.7 Å². The van der Waals surface area contributed by atoms with Crippen molar-refractivity contribution in [3.8, 4) is 5.75 Å². The molecule has 7 heteroatoms. The molecule has 2 aromatic rings. The highest BCUT2D eigenvalue weighted by Crippen LogP contribution is 2.41. The molecule has 4 nitrogen and oxygen atoms in total. The molecule has 0 radical (unpaired) electrons. The Balaban J connectivity index is 2.16. The third-order valence-electron chi connectivity index (χ3n) is 3.86. The fourth-order valence-electron chi connectivity index (χ4n) is 2.76. The van der Waals surface area contributed by atoms with Crippen molar-refractivity contribution in [3.63, 3.8) is 0 Å². The quantitative estimate of drug-likeness (QED) is 0.741. The van der Waals surface area contributed by atoms with E-state index in [0.29, 0.717) is 23.1 Å². The zero-order valence-electron chi connectivity index (χ0n) is 14.1. The first-order valence-electron chi connectivity index (χ1n) is 7.83. The highest BCUT2D eigenvalue weighted by Gasteiger charge is 2.41. The number of carbonyl (C=O) groups is 2. The third-order valence-corrected chi connectivity index (χ3v) is 4.81. The standard InChI is InChI=1S/C19H15F2NO3S/c1-3-26-17-16(12-6-4-5-7-15(12)25-2)18(23)22(19(17)24)14-9-8-11(20)10-13(14)21/h4-10H,3H2,1-2H3. The van der Waals surface area contributed by atoms with Crippen LogP contribution in [0.3, 0.4) is 0 Å². The average Bonchev–Trinajstić information content (AvgIpc) is 2.86. The summed E-state index contributed by atoms with van der Waals surface area (Å²) in [6.07, 6.45) is 0. The van der Waals surface area contributed by atoms with E-state index in [4.69, 9.17) is 4.74 Å². The topological polar surface area (TPSA) is 46.6 Å². The van der Waals surface area contributed by atoms with Gasteiger partial charge in [-0.15, -0.1) is 11.8 Å². The number of amides is 2. The van der Waals surface area contributed by atoms with Gasteiger partial charge in [-0.05, 0) is 24.0 Å². The Morgan fingerprint density at radius 1 is 1.08 bits per heavy atom. The summed E-state index contributed by atoms with van der Waals surface area (Å²) >= 11 is 1.20. The van der Waals surface area contributed by atoms with E-state index in [1.165, 1.54) is 18.9 Å². The van der Waals surface area contributed by atoms with Crippen molar-refractivity contribution in [2.24, 2.45) is 0 Å². The lowest BCUT2D eigenvalue weighted by Gasteiger charge is -2.16. The first kappa shape index (κ1) is 18.1. The van der Waals surface area contributed by atoms with Crippen molar-refractivity contribution in [3.05, 3.63) is 64.6 Å². The predicted molar refractivity (Wildman–Crippen MR) is 96.9 cm³/mol. The van der Waals surface area contributed by atoms with Crippen molar-refractivity contribution in [1.29, 1.82) is 0 Å². The Hall–Kier alpha value is -2.67. The molecule has 0 saturated carbocycles. The third kappa shape index (κ3) is 2.99. The number of hydrogen-bond donors (Lipinski definition) is 0. The number of methoxy groups -OCH3 is 1. The van der Waals surface area contributed by atoms with Crippen LogP contribution in [0.2, 0.25) is 0 Å². The van der Waals surface area contributed by atoms with Gasteiger partial charge in [-0.3, -0.25) is 9.59 Å². The maximum absolute atomic E-state index is 14.2. The highest BCUT2D eigenvalue weighted by atomic mass is 32.2. The minimum absolute atomic E-state index is 0.156. The summed E-state index contributed by atoms with van der Waals surface area (Å²) in [4.78, 5) is 26.8. The second-order valence-corrected chi connectivity index (χ2v) is 6.65. The van der Waals surface area contributed by atoms with E-state index in [0.717, 1.165) is 17.0 Å². The van der Waals surface area contributed by atoms with Crippen LogP contribution in [0.1, 0.15) is 12.5 Å². The van der Waals surface area contributed by atoms with Gasteiger partial charge in [-0.1, -0.05) is 25.1 Å². The first-order valence-corrected chi connectivity index (χ1v) is 8.82. The number of para-hydroxylation sites is 1. The molecular weight excluding hydrogens is 360 g/mol. The van der Waals surface area contributed by atoms with Gasteiger partial charge in [0.1, 0.15) is 17.4 Å². The molecule has 134 valence electrons. The number of imide groups is 1. The zero-order valence-corrected chi connectivity index (χ0v) is 14.9. The van der Waals surface area contributed by atoms with Crippen LogP contribution in [0.25, 0.3) is 5.57 Å². The van der Waals surface area contributed by atoms with Gasteiger partial charge in [-0.25, -0.2) is 13.7 Å². The maximum Gasteiger partial charge on any atom is 0.272 e. The summed E-state index contributed by atoms with van der Waals surface area (Å²) in [5.74, 6) is -2.08. The minimum Gasteiger partial charge on any atom is -0.496 e. The molecule has 0 aliphatic carbocycles. The van der Waals surface area contributed by atoms with E-state index in [2.05, 4.69) is 0 Å². The largest absolute Gasteiger partial charge is 0.496 e. The van der Waals surface area contributed by atoms with E-state index in [1.807, 2.05) is 6.92 Å². The van der Waals surface area contributed by atoms with Crippen molar-refractivity contribution < 1.29 is 23.1 Å². The van der Waals surface area contributed by atoms with E-state index < -0.39 is 23.4 Å². The molecule has 1 aliphatic rings. The van der Waals surface area contributed by atoms with Gasteiger partial charge in [0.15, 0.2) is 0 Å². The van der Waals surface area contributed by atoms with Crippen LogP contribution < -0.4 is 9.64 Å². The molecule has 1 aliphatic heterocycles. The van der Waals surface area contributed by atoms with Crippen LogP contribution in [0, 0.1) is 11.6 Å². The fourth-order valence-corrected chi connectivity index (χ4v) is 3.60. The molecule has 2 aromatic carbocycles. The highest BCUT2D eigenvalue weighted by molar-refractivity contribution is 8.04. The molecule has 1 heterocycles. The molecule has 0 fully saturated rings. The first-order chi connectivity index (χ1) is 12.5. The molecule has 0 spiro atoms. The van der Waals surface area contributed by atoms with Gasteiger partial charge in [0.2, 0.25) is 0 Å². The number of anilines is 1. The summed E-state index contributed by atoms with van der Waals surface area (Å²) < 4.78 is 32.7. The predicted octanol–water partition coefficient (Wildman–Crippen LogP) is 4.01. The Morgan fingerprint density at radius 2 is 1.81 bits per heavy atom. The number of ether oxygens (including phenoxy) is 1. The van der Waals surface area contributed by atoms with Crippen LogP contribution >= 0.6 is 11.8 Å². The van der Waals surface area contributed by atoms with Crippen molar-refractivity contribution in [2.75, 3.05) is 17.8 Å². The second-order valence-electron chi connectivity index (χ2n) is 5.38. The Bertz CT molecular complexity index is 927. The summed E-state index contributed by atoms with van der Waals surface area (Å²) in [5.41, 5.74) is 0.331. The Kier molecular flexibility index (Phi) is 5.08. The molecule has 0 saturated heterocycles. The number of rotatable bonds is 5. The fraction of sp³-hybridized carbons (Fsp3) is 0.158. The Labute approximate surface area is 153 Å². The van der Waals surface area contributed by atoms with Crippen LogP contribution in [0.15, 0.2) is 47.4 Å². The molecule has 0 aromatic heterocycles. The van der Waals surface area contributed by atoms with E-state index >= 15 is 0 Å². The SMILES string of the molecule is CCSC1=C(c2ccccc2OC)C(=O)N(c2ccc(F)cc2F)C1=O. The van der Waals surface area contributed by atoms with Crippen LogP contribution in [-0.2, 0) is 9.59 Å². The van der Waals surface area contributed by atoms with Gasteiger partial charge >= 0.3 is 0 Å². The summed E-state index contributed by atoms with van der Waals surface area (Å²) in [6, 6.07) is 9.54. The summed E-state index contributed by atoms with van der Waals surface area (Å²) in [6.45, 7) is 1.84. The second kappa shape index (κ2) is 7.29. The molecule has 2 amide bonds. The van der Waals surface area contributed by atoms with E-state index in [1.54, 1.807) is 24.3 Å². The lowest BCUT2D eigenvalue weighted by Crippen LogP contribution is -2.32. The monoisotopic (exact) mass is 375 g/mol. The molecule has 3 rings (SSSR count). The van der Waals surface area contributed by atoms with Crippen LogP contribution in [0.5, 0.6) is 5.75 Å². The van der Waals surface area contributed by atoms with Gasteiger partial charge in [0.05, 0.1) is 23.3 Å². The molecule has 0 bridgehead atoms. The molecular formula is C19H15F2NO3S. The summed E-state index contributed by atoms with van der Waals surface area (Å²) in [5, 5.41) is 0. The van der Waals surface area contributed by atoms with Gasteiger partial charge < -0.3 is 4.74 Å². The number of carbonyl (C=O) groups excluding carboxylic acids is 2. The average molecular weight is 375 g/mol. The lowest BCUT2D eigenvalue weighted by atomic mass is 10.0. The zero-order chi connectivity index (χ0) is 18.8. The van der Waals surface area contributed by atoms with Gasteiger partial charge in [0.25, 0.3) is 11.8 Å². The van der Waals surface area contributed by atoms with Crippen molar-refractivity contribution >= 4 is 34.8 Å². The molecule has 0 N–H and O–H groups in total. The number of benzene rings is 2. The molecule has 0 unspecified atom stereocenters. The van der Waals surface area contributed by atoms with Gasteiger partial charge in [0, 0.05) is 11.6 Å². The molecule has 26 heavy (non-hydrogen) atoms. The number of hydrogen-bond acceptors (Lipinski definition) is 4. The van der Waals surface area contributed by atoms with E-state index in [-0.39, 0.29) is 16.2 Å². The number of halogens is 2.